The molecule has 3 atom stereocenters. The first kappa shape index (κ1) is 29.7. The van der Waals surface area contributed by atoms with E-state index in [4.69, 9.17) is 9.47 Å². The van der Waals surface area contributed by atoms with Crippen LogP contribution in [0.2, 0.25) is 0 Å². The van der Waals surface area contributed by atoms with Gasteiger partial charge >= 0.3 is 0 Å². The number of hydrogen-bond donors (Lipinski definition) is 1. The predicted molar refractivity (Wildman–Crippen MR) is 163 cm³/mol. The number of phenols is 1. The molecule has 2 aromatic rings. The molecule has 3 aliphatic rings. The molecule has 1 saturated heterocycles. The largest absolute Gasteiger partial charge is 0.508 e. The molecule has 2 unspecified atom stereocenters. The summed E-state index contributed by atoms with van der Waals surface area (Å²) in [7, 11) is 1.72. The lowest BCUT2D eigenvalue weighted by molar-refractivity contribution is 0.110. The molecule has 1 heterocycles. The number of phenolic OH excluding ortho intramolecular Hbond substituents is 1. The molecule has 2 aromatic carbocycles. The maximum atomic E-state index is 15.2. The highest BCUT2D eigenvalue weighted by atomic mass is 19.1. The van der Waals surface area contributed by atoms with Gasteiger partial charge in [0.05, 0.1) is 7.11 Å². The van der Waals surface area contributed by atoms with E-state index in [1.807, 2.05) is 12.1 Å². The van der Waals surface area contributed by atoms with Crippen LogP contribution in [0.5, 0.6) is 11.5 Å². The molecule has 1 N–H and O–H groups in total. The lowest BCUT2D eigenvalue weighted by Crippen LogP contribution is -2.46. The minimum Gasteiger partial charge on any atom is -0.508 e. The average molecular weight is 563 g/mol. The van der Waals surface area contributed by atoms with Gasteiger partial charge in [-0.1, -0.05) is 31.1 Å². The van der Waals surface area contributed by atoms with Crippen LogP contribution in [-0.4, -0.2) is 60.3 Å². The van der Waals surface area contributed by atoms with E-state index >= 15 is 4.39 Å². The normalized spacial score (nSPS) is 23.3. The van der Waals surface area contributed by atoms with E-state index in [1.165, 1.54) is 36.8 Å². The highest BCUT2D eigenvalue weighted by molar-refractivity contribution is 5.37. The first-order valence-corrected chi connectivity index (χ1v) is 15.6. The Morgan fingerprint density at radius 2 is 1.85 bits per heavy atom. The van der Waals surface area contributed by atoms with Crippen LogP contribution < -0.4 is 4.74 Å². The fourth-order valence-corrected chi connectivity index (χ4v) is 6.89. The summed E-state index contributed by atoms with van der Waals surface area (Å²) in [5.74, 6) is 2.05. The number of fused-ring (bicyclic) bond motifs is 1. The summed E-state index contributed by atoms with van der Waals surface area (Å²) < 4.78 is 26.8. The van der Waals surface area contributed by atoms with Gasteiger partial charge in [0.2, 0.25) is 0 Å². The molecule has 5 nitrogen and oxygen atoms in total. The van der Waals surface area contributed by atoms with E-state index in [0.29, 0.717) is 36.5 Å². The number of aromatic hydroxyl groups is 1. The molecule has 0 amide bonds. The molecule has 6 heteroatoms. The maximum absolute atomic E-state index is 15.2. The molecule has 2 aliphatic carbocycles. The van der Waals surface area contributed by atoms with Crippen LogP contribution >= 0.6 is 0 Å². The van der Waals surface area contributed by atoms with Crippen molar-refractivity contribution in [3.8, 4) is 11.5 Å². The summed E-state index contributed by atoms with van der Waals surface area (Å²) in [5, 5.41) is 9.94. The number of nitrogens with zero attached hydrogens (tertiary/aromatic N) is 2. The van der Waals surface area contributed by atoms with Gasteiger partial charge in [0.25, 0.3) is 0 Å². The van der Waals surface area contributed by atoms with E-state index in [-0.39, 0.29) is 17.9 Å². The molecule has 1 aliphatic heterocycles. The number of allylic oxidation sites excluding steroid dienone is 1. The van der Waals surface area contributed by atoms with Crippen molar-refractivity contribution in [3.05, 3.63) is 82.9 Å². The van der Waals surface area contributed by atoms with E-state index in [2.05, 4.69) is 47.9 Å². The fourth-order valence-electron chi connectivity index (χ4n) is 6.89. The number of aryl methyl sites for hydroxylation is 1. The van der Waals surface area contributed by atoms with Crippen molar-refractivity contribution in [2.75, 3.05) is 33.4 Å². The van der Waals surface area contributed by atoms with E-state index in [0.717, 1.165) is 50.2 Å². The zero-order valence-corrected chi connectivity index (χ0v) is 25.0. The van der Waals surface area contributed by atoms with Gasteiger partial charge in [0.1, 0.15) is 18.1 Å². The number of methoxy groups -OCH3 is 1. The van der Waals surface area contributed by atoms with Crippen LogP contribution in [0.3, 0.4) is 0 Å². The summed E-state index contributed by atoms with van der Waals surface area (Å²) in [6, 6.07) is 11.6. The number of likely N-dealkylation sites (tertiary alicyclic amines) is 1. The molecule has 0 bridgehead atoms. The zero-order chi connectivity index (χ0) is 28.8. The monoisotopic (exact) mass is 562 g/mol. The first-order valence-electron chi connectivity index (χ1n) is 15.6. The first-order chi connectivity index (χ1) is 19.9. The molecule has 0 aromatic heterocycles. The smallest absolute Gasteiger partial charge is 0.165 e. The SMILES string of the molecule is COC1=CC(N(Cc2ccc(OCCN3CCCCCC3)c(F)c2)C(C)C)C([C@@H]2CCc3cc(O)ccc3C2)C=C1. The molecule has 41 heavy (non-hydrogen) atoms. The molecule has 5 rings (SSSR count). The quantitative estimate of drug-likeness (QED) is 0.342. The van der Waals surface area contributed by atoms with Crippen molar-refractivity contribution in [1.82, 2.24) is 9.80 Å². The Morgan fingerprint density at radius 1 is 1.05 bits per heavy atom. The van der Waals surface area contributed by atoms with Crippen molar-refractivity contribution >= 4 is 0 Å². The predicted octanol–water partition coefficient (Wildman–Crippen LogP) is 6.89. The van der Waals surface area contributed by atoms with Gasteiger partial charge < -0.3 is 14.6 Å². The summed E-state index contributed by atoms with van der Waals surface area (Å²) >= 11 is 0. The molecule has 222 valence electrons. The summed E-state index contributed by atoms with van der Waals surface area (Å²) in [5.41, 5.74) is 3.54. The highest BCUT2D eigenvalue weighted by Gasteiger charge is 2.36. The summed E-state index contributed by atoms with van der Waals surface area (Å²) in [4.78, 5) is 4.90. The van der Waals surface area contributed by atoms with Gasteiger partial charge in [-0.25, -0.2) is 4.39 Å². The van der Waals surface area contributed by atoms with Crippen LogP contribution in [0.1, 0.15) is 62.6 Å². The van der Waals surface area contributed by atoms with Crippen molar-refractivity contribution in [3.63, 3.8) is 0 Å². The second kappa shape index (κ2) is 13.9. The van der Waals surface area contributed by atoms with Gasteiger partial charge in [-0.15, -0.1) is 0 Å². The third-order valence-corrected chi connectivity index (χ3v) is 9.22. The number of hydrogen-bond acceptors (Lipinski definition) is 5. The topological polar surface area (TPSA) is 45.2 Å². The third-order valence-electron chi connectivity index (χ3n) is 9.22. The lowest BCUT2D eigenvalue weighted by Gasteiger charge is -2.43. The van der Waals surface area contributed by atoms with Crippen LogP contribution in [0.25, 0.3) is 0 Å². The Kier molecular flexibility index (Phi) is 10.0. The molecule has 1 fully saturated rings. The number of halogens is 1. The highest BCUT2D eigenvalue weighted by Crippen LogP contribution is 2.38. The van der Waals surface area contributed by atoms with E-state index in [9.17, 15) is 5.11 Å². The van der Waals surface area contributed by atoms with Crippen LogP contribution in [-0.2, 0) is 24.1 Å². The Bertz CT molecular complexity index is 1220. The third kappa shape index (κ3) is 7.52. The van der Waals surface area contributed by atoms with Gasteiger partial charge in [0, 0.05) is 25.2 Å². The fraction of sp³-hybridized carbons (Fsp3) is 0.543. The van der Waals surface area contributed by atoms with E-state index in [1.54, 1.807) is 25.3 Å². The Hall–Kier alpha value is -2.83. The Balaban J connectivity index is 1.28. The second-order valence-electron chi connectivity index (χ2n) is 12.3. The standard InChI is InChI=1S/C35H47FN2O3/c1-25(2)38(24-26-8-15-35(33(36)20-26)41-19-18-37-16-6-4-5-7-17-37)34-23-31(40-3)13-14-32(34)29-10-9-28-22-30(39)12-11-27(28)21-29/h8,11-15,20,22-23,25,29,32,34,39H,4-7,9-10,16-19,21,24H2,1-3H3/t29-,32?,34?/m1/s1. The Morgan fingerprint density at radius 3 is 2.59 bits per heavy atom. The average Bonchev–Trinajstić information content (AvgIpc) is 3.25. The van der Waals surface area contributed by atoms with Crippen LogP contribution in [0.15, 0.2) is 60.4 Å². The Labute approximate surface area is 245 Å². The van der Waals surface area contributed by atoms with Gasteiger partial charge in [-0.05, 0) is 124 Å². The van der Waals surface area contributed by atoms with Gasteiger partial charge in [0.15, 0.2) is 11.6 Å². The molecular weight excluding hydrogens is 515 g/mol. The number of ether oxygens (including phenoxy) is 2. The minimum absolute atomic E-state index is 0.131. The number of benzene rings is 2. The zero-order valence-electron chi connectivity index (χ0n) is 25.0. The second-order valence-corrected chi connectivity index (χ2v) is 12.3. The van der Waals surface area contributed by atoms with Crippen molar-refractivity contribution in [2.45, 2.75) is 77.4 Å². The summed E-state index contributed by atoms with van der Waals surface area (Å²) in [6.07, 6.45) is 14.8. The molecule has 0 radical (unpaired) electrons. The molecule has 0 spiro atoms. The van der Waals surface area contributed by atoms with Crippen LogP contribution in [0, 0.1) is 17.7 Å². The van der Waals surface area contributed by atoms with Gasteiger partial charge in [-0.2, -0.15) is 0 Å². The van der Waals surface area contributed by atoms with Gasteiger partial charge in [-0.3, -0.25) is 9.80 Å². The van der Waals surface area contributed by atoms with Crippen molar-refractivity contribution < 1.29 is 19.0 Å². The van der Waals surface area contributed by atoms with E-state index < -0.39 is 0 Å². The summed E-state index contributed by atoms with van der Waals surface area (Å²) in [6.45, 7) is 8.66. The molecule has 0 saturated carbocycles. The maximum Gasteiger partial charge on any atom is 0.165 e. The number of rotatable bonds is 10. The molecular formula is C35H47FN2O3. The van der Waals surface area contributed by atoms with Crippen molar-refractivity contribution in [2.24, 2.45) is 11.8 Å². The minimum atomic E-state index is -0.289. The van der Waals surface area contributed by atoms with Crippen LogP contribution in [0.4, 0.5) is 4.39 Å². The lowest BCUT2D eigenvalue weighted by atomic mass is 9.72. The van der Waals surface area contributed by atoms with Crippen molar-refractivity contribution in [1.29, 1.82) is 0 Å².